The van der Waals surface area contributed by atoms with Gasteiger partial charge in [0.2, 0.25) is 5.91 Å². The number of piperidine rings is 1. The molecular formula is C12H22N2O2. The highest BCUT2D eigenvalue weighted by Crippen LogP contribution is 2.24. The Balaban J connectivity index is 1.86. The normalized spacial score (nSPS) is 32.0. The predicted molar refractivity (Wildman–Crippen MR) is 62.2 cm³/mol. The Morgan fingerprint density at radius 3 is 2.50 bits per heavy atom. The van der Waals surface area contributed by atoms with Crippen molar-refractivity contribution in [3.05, 3.63) is 0 Å². The van der Waals surface area contributed by atoms with Crippen LogP contribution in [0.15, 0.2) is 0 Å². The molecule has 4 heteroatoms. The summed E-state index contributed by atoms with van der Waals surface area (Å²) in [7, 11) is 2.00. The fourth-order valence-corrected chi connectivity index (χ4v) is 2.68. The molecule has 2 unspecified atom stereocenters. The Kier molecular flexibility index (Phi) is 3.82. The zero-order valence-corrected chi connectivity index (χ0v) is 10.2. The number of hydrogen-bond acceptors (Lipinski definition) is 3. The molecule has 0 aliphatic carbocycles. The molecule has 2 atom stereocenters. The Hall–Kier alpha value is -0.610. The summed E-state index contributed by atoms with van der Waals surface area (Å²) in [6.45, 7) is 4.54. The van der Waals surface area contributed by atoms with Crippen molar-refractivity contribution in [2.24, 2.45) is 5.92 Å². The smallest absolute Gasteiger partial charge is 0.228 e. The summed E-state index contributed by atoms with van der Waals surface area (Å²) in [6, 6.07) is 0.585. The van der Waals surface area contributed by atoms with Gasteiger partial charge in [-0.3, -0.25) is 4.79 Å². The molecule has 16 heavy (non-hydrogen) atoms. The van der Waals surface area contributed by atoms with Crippen LogP contribution in [0.1, 0.15) is 26.2 Å². The van der Waals surface area contributed by atoms with E-state index >= 15 is 0 Å². The molecule has 2 aliphatic rings. The quantitative estimate of drug-likeness (QED) is 0.750. The van der Waals surface area contributed by atoms with Gasteiger partial charge in [-0.05, 0) is 33.2 Å². The van der Waals surface area contributed by atoms with E-state index in [2.05, 4.69) is 5.32 Å². The lowest BCUT2D eigenvalue weighted by atomic mass is 9.98. The zero-order valence-electron chi connectivity index (χ0n) is 10.2. The van der Waals surface area contributed by atoms with Gasteiger partial charge in [-0.15, -0.1) is 0 Å². The minimum atomic E-state index is 0.103. The summed E-state index contributed by atoms with van der Waals surface area (Å²) in [6.07, 6.45) is 3.15. The molecule has 0 aromatic heterocycles. The molecule has 0 saturated carbocycles. The van der Waals surface area contributed by atoms with Gasteiger partial charge >= 0.3 is 0 Å². The third kappa shape index (κ3) is 2.38. The second-order valence-corrected chi connectivity index (χ2v) is 4.86. The highest BCUT2D eigenvalue weighted by atomic mass is 16.5. The van der Waals surface area contributed by atoms with Crippen LogP contribution < -0.4 is 5.32 Å². The second kappa shape index (κ2) is 5.15. The van der Waals surface area contributed by atoms with E-state index in [1.54, 1.807) is 0 Å². The largest absolute Gasteiger partial charge is 0.378 e. The number of nitrogens with one attached hydrogen (secondary N) is 1. The first kappa shape index (κ1) is 11.9. The van der Waals surface area contributed by atoms with Gasteiger partial charge in [0.25, 0.3) is 0 Å². The minimum absolute atomic E-state index is 0.103. The van der Waals surface area contributed by atoms with E-state index in [1.807, 2.05) is 18.9 Å². The Morgan fingerprint density at radius 2 is 2.00 bits per heavy atom. The molecule has 0 aromatic rings. The molecule has 0 bridgehead atoms. The van der Waals surface area contributed by atoms with Crippen molar-refractivity contribution in [3.8, 4) is 0 Å². The van der Waals surface area contributed by atoms with Crippen molar-refractivity contribution in [1.29, 1.82) is 0 Å². The zero-order chi connectivity index (χ0) is 11.5. The number of rotatable bonds is 2. The molecule has 2 fully saturated rings. The van der Waals surface area contributed by atoms with Crippen LogP contribution in [-0.2, 0) is 9.53 Å². The van der Waals surface area contributed by atoms with Crippen LogP contribution in [0.2, 0.25) is 0 Å². The third-order valence-corrected chi connectivity index (χ3v) is 3.91. The monoisotopic (exact) mass is 226 g/mol. The molecule has 2 heterocycles. The number of likely N-dealkylation sites (tertiary alicyclic amines) is 1. The van der Waals surface area contributed by atoms with Crippen LogP contribution in [0.5, 0.6) is 0 Å². The molecule has 4 nitrogen and oxygen atoms in total. The number of amides is 1. The number of carbonyl (C=O) groups is 1. The summed E-state index contributed by atoms with van der Waals surface area (Å²) in [5.74, 6) is 0.408. The van der Waals surface area contributed by atoms with E-state index in [-0.39, 0.29) is 12.0 Å². The van der Waals surface area contributed by atoms with Crippen LogP contribution in [0, 0.1) is 5.92 Å². The first-order valence-electron chi connectivity index (χ1n) is 6.30. The standard InChI is InChI=1S/C12H22N2O2/c1-9-11(5-8-16-9)12(15)14-6-3-10(13-2)4-7-14/h9-11,13H,3-8H2,1-2H3. The van der Waals surface area contributed by atoms with E-state index in [4.69, 9.17) is 4.74 Å². The summed E-state index contributed by atoms with van der Waals surface area (Å²) in [4.78, 5) is 14.2. The molecule has 1 amide bonds. The van der Waals surface area contributed by atoms with E-state index in [9.17, 15) is 4.79 Å². The van der Waals surface area contributed by atoms with Crippen LogP contribution >= 0.6 is 0 Å². The lowest BCUT2D eigenvalue weighted by Crippen LogP contribution is -2.47. The van der Waals surface area contributed by atoms with Gasteiger partial charge in [-0.1, -0.05) is 0 Å². The van der Waals surface area contributed by atoms with Gasteiger partial charge in [0, 0.05) is 25.7 Å². The molecule has 2 aliphatic heterocycles. The fourth-order valence-electron chi connectivity index (χ4n) is 2.68. The highest BCUT2D eigenvalue weighted by molar-refractivity contribution is 5.79. The Labute approximate surface area is 97.3 Å². The Bertz CT molecular complexity index is 249. The maximum atomic E-state index is 12.2. The van der Waals surface area contributed by atoms with Crippen molar-refractivity contribution < 1.29 is 9.53 Å². The second-order valence-electron chi connectivity index (χ2n) is 4.86. The summed E-state index contributed by atoms with van der Waals surface area (Å²) < 4.78 is 5.46. The summed E-state index contributed by atoms with van der Waals surface area (Å²) in [5, 5.41) is 3.28. The van der Waals surface area contributed by atoms with Gasteiger partial charge in [-0.25, -0.2) is 0 Å². The van der Waals surface area contributed by atoms with Gasteiger partial charge < -0.3 is 15.0 Å². The van der Waals surface area contributed by atoms with Crippen LogP contribution in [0.4, 0.5) is 0 Å². The van der Waals surface area contributed by atoms with Crippen molar-refractivity contribution in [1.82, 2.24) is 10.2 Å². The third-order valence-electron chi connectivity index (χ3n) is 3.91. The van der Waals surface area contributed by atoms with Crippen molar-refractivity contribution in [2.45, 2.75) is 38.3 Å². The number of carbonyl (C=O) groups excluding carboxylic acids is 1. The van der Waals surface area contributed by atoms with Crippen LogP contribution in [-0.4, -0.2) is 49.7 Å². The van der Waals surface area contributed by atoms with Crippen molar-refractivity contribution in [3.63, 3.8) is 0 Å². The van der Waals surface area contributed by atoms with Crippen LogP contribution in [0.3, 0.4) is 0 Å². The molecule has 92 valence electrons. The fraction of sp³-hybridized carbons (Fsp3) is 0.917. The van der Waals surface area contributed by atoms with E-state index in [0.717, 1.165) is 39.0 Å². The Morgan fingerprint density at radius 1 is 1.31 bits per heavy atom. The lowest BCUT2D eigenvalue weighted by Gasteiger charge is -2.33. The van der Waals surface area contributed by atoms with Crippen LogP contribution in [0.25, 0.3) is 0 Å². The number of hydrogen-bond donors (Lipinski definition) is 1. The molecule has 0 radical (unpaired) electrons. The SMILES string of the molecule is CNC1CCN(C(=O)C2CCOC2C)CC1. The maximum Gasteiger partial charge on any atom is 0.228 e. The predicted octanol–water partition coefficient (Wildman–Crippen LogP) is 0.622. The molecule has 0 aromatic carbocycles. The van der Waals surface area contributed by atoms with Gasteiger partial charge in [0.05, 0.1) is 12.0 Å². The van der Waals surface area contributed by atoms with Gasteiger partial charge in [0.1, 0.15) is 0 Å². The number of ether oxygens (including phenoxy) is 1. The average Bonchev–Trinajstić information content (AvgIpc) is 2.75. The highest BCUT2D eigenvalue weighted by Gasteiger charge is 2.34. The van der Waals surface area contributed by atoms with Gasteiger partial charge in [0.15, 0.2) is 0 Å². The lowest BCUT2D eigenvalue weighted by molar-refractivity contribution is -0.138. The minimum Gasteiger partial charge on any atom is -0.378 e. The summed E-state index contributed by atoms with van der Waals surface area (Å²) >= 11 is 0. The van der Waals surface area contributed by atoms with E-state index in [0.29, 0.717) is 11.9 Å². The molecule has 1 N–H and O–H groups in total. The topological polar surface area (TPSA) is 41.6 Å². The molecule has 0 spiro atoms. The van der Waals surface area contributed by atoms with E-state index < -0.39 is 0 Å². The first-order chi connectivity index (χ1) is 7.72. The maximum absolute atomic E-state index is 12.2. The average molecular weight is 226 g/mol. The summed E-state index contributed by atoms with van der Waals surface area (Å²) in [5.41, 5.74) is 0. The van der Waals surface area contributed by atoms with E-state index in [1.165, 1.54) is 0 Å². The molecular weight excluding hydrogens is 204 g/mol. The number of nitrogens with zero attached hydrogens (tertiary/aromatic N) is 1. The molecule has 2 rings (SSSR count). The van der Waals surface area contributed by atoms with Crippen molar-refractivity contribution in [2.75, 3.05) is 26.7 Å². The van der Waals surface area contributed by atoms with Crippen molar-refractivity contribution >= 4 is 5.91 Å². The first-order valence-corrected chi connectivity index (χ1v) is 6.30. The molecule has 2 saturated heterocycles. The van der Waals surface area contributed by atoms with Gasteiger partial charge in [-0.2, -0.15) is 0 Å².